The molecule has 1 N–H and O–H groups in total. The molecule has 1 saturated heterocycles. The molecule has 1 heterocycles. The summed E-state index contributed by atoms with van der Waals surface area (Å²) >= 11 is 0. The molecule has 28 heavy (non-hydrogen) atoms. The van der Waals surface area contributed by atoms with Gasteiger partial charge in [-0.05, 0) is 38.7 Å². The van der Waals surface area contributed by atoms with Crippen molar-refractivity contribution in [1.29, 1.82) is 0 Å². The van der Waals surface area contributed by atoms with Gasteiger partial charge in [-0.25, -0.2) is 9.59 Å². The lowest BCUT2D eigenvalue weighted by Crippen LogP contribution is -2.58. The highest BCUT2D eigenvalue weighted by molar-refractivity contribution is 5.92. The lowest BCUT2D eigenvalue weighted by Gasteiger charge is -2.32. The van der Waals surface area contributed by atoms with Crippen molar-refractivity contribution < 1.29 is 23.9 Å². The predicted molar refractivity (Wildman–Crippen MR) is 104 cm³/mol. The van der Waals surface area contributed by atoms with Gasteiger partial charge in [0.15, 0.2) is 0 Å². The Bertz CT molecular complexity index is 675. The number of carbonyl (C=O) groups excluding carboxylic acids is 3. The standard InChI is InChI=1S/C21H30N2O5/c1-4-5-14-27-18(24)17-12-9-13-23(17)19(25)21(2,3)22-20(26)28-15-16-10-7-6-8-11-16/h6-8,10-11,17H,4-5,9,12-15H2,1-3H3,(H,22,26). The summed E-state index contributed by atoms with van der Waals surface area (Å²) in [6, 6.07) is 8.70. The first kappa shape index (κ1) is 21.7. The van der Waals surface area contributed by atoms with Gasteiger partial charge in [-0.15, -0.1) is 0 Å². The molecule has 1 atom stereocenters. The lowest BCUT2D eigenvalue weighted by atomic mass is 10.0. The zero-order valence-electron chi connectivity index (χ0n) is 16.9. The van der Waals surface area contributed by atoms with Crippen LogP contribution in [0, 0.1) is 0 Å². The minimum Gasteiger partial charge on any atom is -0.464 e. The van der Waals surface area contributed by atoms with Crippen LogP contribution in [-0.2, 0) is 25.7 Å². The fourth-order valence-electron chi connectivity index (χ4n) is 3.09. The number of rotatable bonds is 8. The number of amides is 2. The fourth-order valence-corrected chi connectivity index (χ4v) is 3.09. The second-order valence-corrected chi connectivity index (χ2v) is 7.49. The van der Waals surface area contributed by atoms with E-state index in [0.717, 1.165) is 24.8 Å². The molecule has 1 aromatic rings. The average molecular weight is 390 g/mol. The smallest absolute Gasteiger partial charge is 0.408 e. The summed E-state index contributed by atoms with van der Waals surface area (Å²) < 4.78 is 10.5. The fraction of sp³-hybridized carbons (Fsp3) is 0.571. The molecule has 1 fully saturated rings. The van der Waals surface area contributed by atoms with E-state index in [1.165, 1.54) is 4.90 Å². The van der Waals surface area contributed by atoms with Crippen molar-refractivity contribution in [3.05, 3.63) is 35.9 Å². The van der Waals surface area contributed by atoms with Crippen LogP contribution in [0.5, 0.6) is 0 Å². The van der Waals surface area contributed by atoms with Crippen LogP contribution in [0.4, 0.5) is 4.79 Å². The number of hydrogen-bond acceptors (Lipinski definition) is 5. The van der Waals surface area contributed by atoms with Gasteiger partial charge in [-0.3, -0.25) is 4.79 Å². The van der Waals surface area contributed by atoms with E-state index in [2.05, 4.69) is 5.32 Å². The van der Waals surface area contributed by atoms with Gasteiger partial charge < -0.3 is 19.7 Å². The predicted octanol–water partition coefficient (Wildman–Crippen LogP) is 3.03. The number of ether oxygens (including phenoxy) is 2. The van der Waals surface area contributed by atoms with Crippen LogP contribution in [0.2, 0.25) is 0 Å². The van der Waals surface area contributed by atoms with Gasteiger partial charge in [0, 0.05) is 6.54 Å². The van der Waals surface area contributed by atoms with E-state index >= 15 is 0 Å². The molecule has 1 aliphatic rings. The molecule has 0 bridgehead atoms. The van der Waals surface area contributed by atoms with Gasteiger partial charge >= 0.3 is 12.1 Å². The quantitative estimate of drug-likeness (QED) is 0.545. The van der Waals surface area contributed by atoms with E-state index in [1.54, 1.807) is 13.8 Å². The van der Waals surface area contributed by atoms with Crippen molar-refractivity contribution in [1.82, 2.24) is 10.2 Å². The molecule has 0 aromatic heterocycles. The Morgan fingerprint density at radius 2 is 1.89 bits per heavy atom. The number of nitrogens with zero attached hydrogens (tertiary/aromatic N) is 1. The topological polar surface area (TPSA) is 84.9 Å². The molecular weight excluding hydrogens is 360 g/mol. The Labute approximate surface area is 166 Å². The molecule has 7 heteroatoms. The molecule has 2 amide bonds. The maximum Gasteiger partial charge on any atom is 0.408 e. The monoisotopic (exact) mass is 390 g/mol. The van der Waals surface area contributed by atoms with E-state index in [-0.39, 0.29) is 18.5 Å². The van der Waals surface area contributed by atoms with Crippen molar-refractivity contribution in [2.75, 3.05) is 13.2 Å². The molecular formula is C21H30N2O5. The molecule has 7 nitrogen and oxygen atoms in total. The van der Waals surface area contributed by atoms with Gasteiger partial charge in [0.1, 0.15) is 18.2 Å². The minimum absolute atomic E-state index is 0.118. The summed E-state index contributed by atoms with van der Waals surface area (Å²) in [5.74, 6) is -0.694. The minimum atomic E-state index is -1.19. The van der Waals surface area contributed by atoms with Crippen LogP contribution < -0.4 is 5.32 Å². The molecule has 1 aliphatic heterocycles. The number of benzene rings is 1. The third-order valence-electron chi connectivity index (χ3n) is 4.69. The summed E-state index contributed by atoms with van der Waals surface area (Å²) in [6.45, 7) is 6.18. The van der Waals surface area contributed by atoms with E-state index in [4.69, 9.17) is 9.47 Å². The maximum atomic E-state index is 13.0. The zero-order valence-corrected chi connectivity index (χ0v) is 16.9. The Morgan fingerprint density at radius 3 is 2.57 bits per heavy atom. The Balaban J connectivity index is 1.90. The SMILES string of the molecule is CCCCOC(=O)C1CCCN1C(=O)C(C)(C)NC(=O)OCc1ccccc1. The van der Waals surface area contributed by atoms with Gasteiger partial charge in [0.25, 0.3) is 0 Å². The summed E-state index contributed by atoms with van der Waals surface area (Å²) in [5.41, 5.74) is -0.337. The molecule has 0 saturated carbocycles. The zero-order chi connectivity index (χ0) is 20.6. The Morgan fingerprint density at radius 1 is 1.18 bits per heavy atom. The van der Waals surface area contributed by atoms with Crippen LogP contribution in [0.15, 0.2) is 30.3 Å². The summed E-state index contributed by atoms with van der Waals surface area (Å²) in [5, 5.41) is 2.61. The first-order chi connectivity index (χ1) is 13.3. The third-order valence-corrected chi connectivity index (χ3v) is 4.69. The molecule has 1 aromatic carbocycles. The number of likely N-dealkylation sites (tertiary alicyclic amines) is 1. The molecule has 1 unspecified atom stereocenters. The number of hydrogen-bond donors (Lipinski definition) is 1. The molecule has 2 rings (SSSR count). The second-order valence-electron chi connectivity index (χ2n) is 7.49. The number of carbonyl (C=O) groups is 3. The van der Waals surface area contributed by atoms with Crippen LogP contribution in [0.25, 0.3) is 0 Å². The first-order valence-electron chi connectivity index (χ1n) is 9.81. The van der Waals surface area contributed by atoms with Crippen molar-refractivity contribution in [3.63, 3.8) is 0 Å². The normalized spacial score (nSPS) is 16.5. The van der Waals surface area contributed by atoms with Gasteiger partial charge in [-0.1, -0.05) is 43.7 Å². The highest BCUT2D eigenvalue weighted by Gasteiger charge is 2.42. The number of nitrogens with one attached hydrogen (secondary N) is 1. The number of esters is 1. The molecule has 154 valence electrons. The maximum absolute atomic E-state index is 13.0. The summed E-state index contributed by atoms with van der Waals surface area (Å²) in [6.07, 6.45) is 2.36. The van der Waals surface area contributed by atoms with E-state index in [9.17, 15) is 14.4 Å². The first-order valence-corrected chi connectivity index (χ1v) is 9.81. The van der Waals surface area contributed by atoms with Crippen LogP contribution in [0.1, 0.15) is 52.0 Å². The lowest BCUT2D eigenvalue weighted by molar-refractivity contribution is -0.155. The van der Waals surface area contributed by atoms with Gasteiger partial charge in [-0.2, -0.15) is 0 Å². The molecule has 0 spiro atoms. The van der Waals surface area contributed by atoms with Gasteiger partial charge in [0.2, 0.25) is 5.91 Å². The second kappa shape index (κ2) is 10.1. The third kappa shape index (κ3) is 5.97. The van der Waals surface area contributed by atoms with Crippen molar-refractivity contribution in [2.24, 2.45) is 0 Å². The van der Waals surface area contributed by atoms with Crippen LogP contribution in [-0.4, -0.2) is 47.6 Å². The molecule has 0 radical (unpaired) electrons. The van der Waals surface area contributed by atoms with E-state index in [1.807, 2.05) is 37.3 Å². The largest absolute Gasteiger partial charge is 0.464 e. The summed E-state index contributed by atoms with van der Waals surface area (Å²) in [4.78, 5) is 38.9. The Hall–Kier alpha value is -2.57. The van der Waals surface area contributed by atoms with E-state index < -0.39 is 17.7 Å². The summed E-state index contributed by atoms with van der Waals surface area (Å²) in [7, 11) is 0. The molecule has 0 aliphatic carbocycles. The van der Waals surface area contributed by atoms with Crippen molar-refractivity contribution in [2.45, 2.75) is 64.6 Å². The Kier molecular flexibility index (Phi) is 7.84. The van der Waals surface area contributed by atoms with Crippen molar-refractivity contribution >= 4 is 18.0 Å². The highest BCUT2D eigenvalue weighted by atomic mass is 16.5. The van der Waals surface area contributed by atoms with Crippen molar-refractivity contribution in [3.8, 4) is 0 Å². The highest BCUT2D eigenvalue weighted by Crippen LogP contribution is 2.22. The van der Waals surface area contributed by atoms with Crippen LogP contribution >= 0.6 is 0 Å². The van der Waals surface area contributed by atoms with Crippen LogP contribution in [0.3, 0.4) is 0 Å². The van der Waals surface area contributed by atoms with Gasteiger partial charge in [0.05, 0.1) is 6.61 Å². The number of unbranched alkanes of at least 4 members (excludes halogenated alkanes) is 1. The average Bonchev–Trinajstić information content (AvgIpc) is 3.16. The van der Waals surface area contributed by atoms with E-state index in [0.29, 0.717) is 19.6 Å². The number of alkyl carbamates (subject to hydrolysis) is 1.